The van der Waals surface area contributed by atoms with Crippen molar-refractivity contribution >= 4 is 29.1 Å². The molecule has 1 saturated carbocycles. The first-order chi connectivity index (χ1) is 10.5. The summed E-state index contributed by atoms with van der Waals surface area (Å²) in [4.78, 5) is 36.9. The predicted molar refractivity (Wildman–Crippen MR) is 82.3 cm³/mol. The third-order valence-electron chi connectivity index (χ3n) is 3.96. The van der Waals surface area contributed by atoms with Crippen LogP contribution in [0.1, 0.15) is 46.3 Å². The van der Waals surface area contributed by atoms with E-state index >= 15 is 0 Å². The highest BCUT2D eigenvalue weighted by Crippen LogP contribution is 2.32. The zero-order valence-corrected chi connectivity index (χ0v) is 13.2. The highest BCUT2D eigenvalue weighted by atomic mass is 32.1. The maximum Gasteiger partial charge on any atom is 0.327 e. The maximum atomic E-state index is 12.1. The molecule has 2 aliphatic carbocycles. The highest BCUT2D eigenvalue weighted by molar-refractivity contribution is 7.14. The second kappa shape index (κ2) is 6.08. The number of rotatable bonds is 2. The number of hydrogen-bond donors (Lipinski definition) is 3. The molecule has 0 bridgehead atoms. The molecule has 22 heavy (non-hydrogen) atoms. The summed E-state index contributed by atoms with van der Waals surface area (Å²) in [5.74, 6) is -1.28. The molecule has 0 radical (unpaired) electrons. The first-order valence-corrected chi connectivity index (χ1v) is 8.37. The van der Waals surface area contributed by atoms with Gasteiger partial charge >= 0.3 is 11.8 Å². The molecule has 0 aromatic carbocycles. The molecule has 0 aliphatic heterocycles. The lowest BCUT2D eigenvalue weighted by atomic mass is 9.90. The van der Waals surface area contributed by atoms with Crippen molar-refractivity contribution in [2.24, 2.45) is 5.92 Å². The van der Waals surface area contributed by atoms with Crippen molar-refractivity contribution in [1.82, 2.24) is 16.2 Å². The molecule has 1 aromatic rings. The van der Waals surface area contributed by atoms with Crippen molar-refractivity contribution in [2.45, 2.75) is 45.1 Å². The third-order valence-corrected chi connectivity index (χ3v) is 5.20. The lowest BCUT2D eigenvalue weighted by molar-refractivity contribution is -0.139. The van der Waals surface area contributed by atoms with E-state index in [0.717, 1.165) is 32.1 Å². The Kier molecular flexibility index (Phi) is 4.15. The van der Waals surface area contributed by atoms with Gasteiger partial charge in [-0.3, -0.25) is 25.2 Å². The van der Waals surface area contributed by atoms with E-state index in [0.29, 0.717) is 10.8 Å². The van der Waals surface area contributed by atoms with Gasteiger partial charge in [-0.15, -0.1) is 11.3 Å². The summed E-state index contributed by atoms with van der Waals surface area (Å²) in [6.45, 7) is 2.21. The summed E-state index contributed by atoms with van der Waals surface area (Å²) in [6, 6.07) is 2.00. The van der Waals surface area contributed by atoms with Crippen LogP contribution in [0.25, 0.3) is 0 Å². The molecule has 7 heteroatoms. The van der Waals surface area contributed by atoms with Crippen molar-refractivity contribution in [3.8, 4) is 0 Å². The van der Waals surface area contributed by atoms with E-state index in [1.807, 2.05) is 6.07 Å². The minimum Gasteiger partial charge on any atom is -0.345 e. The minimum atomic E-state index is -0.838. The van der Waals surface area contributed by atoms with Gasteiger partial charge in [0.1, 0.15) is 0 Å². The van der Waals surface area contributed by atoms with Gasteiger partial charge in [-0.25, -0.2) is 0 Å². The van der Waals surface area contributed by atoms with Crippen molar-refractivity contribution in [3.63, 3.8) is 0 Å². The van der Waals surface area contributed by atoms with Gasteiger partial charge in [-0.2, -0.15) is 0 Å². The van der Waals surface area contributed by atoms with Gasteiger partial charge in [0.2, 0.25) is 0 Å². The molecule has 2 aliphatic rings. The Hall–Kier alpha value is -1.89. The van der Waals surface area contributed by atoms with E-state index in [-0.39, 0.29) is 11.9 Å². The number of carbonyl (C=O) groups excluding carboxylic acids is 3. The molecule has 1 heterocycles. The van der Waals surface area contributed by atoms with Crippen LogP contribution in [-0.2, 0) is 22.4 Å². The molecule has 1 atom stereocenters. The van der Waals surface area contributed by atoms with Gasteiger partial charge in [-0.05, 0) is 49.7 Å². The number of hydrazine groups is 1. The Balaban J connectivity index is 1.53. The van der Waals surface area contributed by atoms with E-state index in [1.165, 1.54) is 21.8 Å². The largest absolute Gasteiger partial charge is 0.345 e. The number of carbonyl (C=O) groups is 3. The van der Waals surface area contributed by atoms with Crippen LogP contribution in [0, 0.1) is 5.92 Å². The second-order valence-corrected chi connectivity index (χ2v) is 7.20. The van der Waals surface area contributed by atoms with Crippen LogP contribution in [0.2, 0.25) is 0 Å². The van der Waals surface area contributed by atoms with Gasteiger partial charge in [0.15, 0.2) is 0 Å². The average Bonchev–Trinajstić information content (AvgIpc) is 3.20. The Morgan fingerprint density at radius 2 is 1.91 bits per heavy atom. The molecule has 118 valence electrons. The smallest absolute Gasteiger partial charge is 0.327 e. The molecule has 1 fully saturated rings. The normalized spacial score (nSPS) is 20.0. The molecule has 1 aromatic heterocycles. The molecule has 3 N–H and O–H groups in total. The van der Waals surface area contributed by atoms with Crippen LogP contribution < -0.4 is 16.2 Å². The van der Waals surface area contributed by atoms with Crippen molar-refractivity contribution < 1.29 is 14.4 Å². The van der Waals surface area contributed by atoms with E-state index in [9.17, 15) is 14.4 Å². The standard InChI is InChI=1S/C15H19N3O3S/c1-8-2-5-11-9(6-8)7-12(22-11)13(19)17-18-15(21)14(20)16-10-3-4-10/h7-8,10H,2-6H2,1H3,(H,16,20)(H,17,19)(H,18,21)/t8-/m1/s1. The summed E-state index contributed by atoms with van der Waals surface area (Å²) in [6.07, 6.45) is 4.96. The summed E-state index contributed by atoms with van der Waals surface area (Å²) < 4.78 is 0. The number of nitrogens with one attached hydrogen (secondary N) is 3. The monoisotopic (exact) mass is 321 g/mol. The lowest BCUT2D eigenvalue weighted by Crippen LogP contribution is -2.48. The highest BCUT2D eigenvalue weighted by Gasteiger charge is 2.27. The Morgan fingerprint density at radius 3 is 2.64 bits per heavy atom. The van der Waals surface area contributed by atoms with E-state index in [4.69, 9.17) is 0 Å². The van der Waals surface area contributed by atoms with Crippen LogP contribution in [0.3, 0.4) is 0 Å². The fourth-order valence-electron chi connectivity index (χ4n) is 2.53. The summed E-state index contributed by atoms with van der Waals surface area (Å²) in [7, 11) is 0. The van der Waals surface area contributed by atoms with Crippen LogP contribution in [0.5, 0.6) is 0 Å². The Bertz CT molecular complexity index is 622. The van der Waals surface area contributed by atoms with Gasteiger partial charge in [0.25, 0.3) is 5.91 Å². The fourth-order valence-corrected chi connectivity index (χ4v) is 3.63. The number of thiophene rings is 1. The van der Waals surface area contributed by atoms with Crippen molar-refractivity contribution in [1.29, 1.82) is 0 Å². The predicted octanol–water partition coefficient (Wildman–Crippen LogP) is 0.912. The van der Waals surface area contributed by atoms with Crippen LogP contribution in [0.15, 0.2) is 6.07 Å². The molecule has 0 unspecified atom stereocenters. The lowest BCUT2D eigenvalue weighted by Gasteiger charge is -2.16. The average molecular weight is 321 g/mol. The number of aryl methyl sites for hydroxylation is 1. The van der Waals surface area contributed by atoms with Gasteiger partial charge in [0.05, 0.1) is 4.88 Å². The number of hydrogen-bond acceptors (Lipinski definition) is 4. The topological polar surface area (TPSA) is 87.3 Å². The second-order valence-electron chi connectivity index (χ2n) is 6.06. The molecule has 0 saturated heterocycles. The van der Waals surface area contributed by atoms with E-state index in [2.05, 4.69) is 23.1 Å². The van der Waals surface area contributed by atoms with Gasteiger partial charge in [0, 0.05) is 10.9 Å². The van der Waals surface area contributed by atoms with Crippen LogP contribution in [-0.4, -0.2) is 23.8 Å². The van der Waals surface area contributed by atoms with Gasteiger partial charge in [-0.1, -0.05) is 6.92 Å². The summed E-state index contributed by atoms with van der Waals surface area (Å²) >= 11 is 1.46. The van der Waals surface area contributed by atoms with Gasteiger partial charge < -0.3 is 5.32 Å². The first kappa shape index (κ1) is 15.0. The fraction of sp³-hybridized carbons (Fsp3) is 0.533. The molecule has 6 nitrogen and oxygen atoms in total. The minimum absolute atomic E-state index is 0.111. The quantitative estimate of drug-likeness (QED) is 0.559. The van der Waals surface area contributed by atoms with E-state index < -0.39 is 11.8 Å². The molecule has 3 rings (SSSR count). The molecular formula is C15H19N3O3S. The molecular weight excluding hydrogens is 302 g/mol. The molecule has 0 spiro atoms. The molecule has 3 amide bonds. The Morgan fingerprint density at radius 1 is 1.14 bits per heavy atom. The number of fused-ring (bicyclic) bond motifs is 1. The van der Waals surface area contributed by atoms with E-state index in [1.54, 1.807) is 0 Å². The maximum absolute atomic E-state index is 12.1. The summed E-state index contributed by atoms with van der Waals surface area (Å²) in [5.41, 5.74) is 5.69. The van der Waals surface area contributed by atoms with Crippen LogP contribution in [0.4, 0.5) is 0 Å². The number of amides is 3. The Labute approximate surface area is 132 Å². The summed E-state index contributed by atoms with van der Waals surface area (Å²) in [5, 5.41) is 2.56. The SMILES string of the molecule is C[C@@H]1CCc2sc(C(=O)NNC(=O)C(=O)NC3CC3)cc2C1. The van der Waals surface area contributed by atoms with Crippen LogP contribution >= 0.6 is 11.3 Å². The first-order valence-electron chi connectivity index (χ1n) is 7.55. The third kappa shape index (κ3) is 3.47. The van der Waals surface area contributed by atoms with Crippen molar-refractivity contribution in [3.05, 3.63) is 21.4 Å². The van der Waals surface area contributed by atoms with Crippen molar-refractivity contribution in [2.75, 3.05) is 0 Å². The zero-order valence-electron chi connectivity index (χ0n) is 12.4. The zero-order chi connectivity index (χ0) is 15.7.